The summed E-state index contributed by atoms with van der Waals surface area (Å²) in [5, 5.41) is 0.779. The van der Waals surface area contributed by atoms with Crippen molar-refractivity contribution in [3.05, 3.63) is 71.6 Å². The Kier molecular flexibility index (Phi) is 8.51. The van der Waals surface area contributed by atoms with E-state index in [1.807, 2.05) is 79.7 Å². The number of nitrogens with two attached hydrogens (primary N) is 1. The molecule has 188 valence electrons. The summed E-state index contributed by atoms with van der Waals surface area (Å²) in [7, 11) is 3.95. The smallest absolute Gasteiger partial charge is 0.261 e. The molecule has 0 bridgehead atoms. The molecule has 1 fully saturated rings. The molecule has 1 saturated heterocycles. The lowest BCUT2D eigenvalue weighted by Gasteiger charge is -2.23. The van der Waals surface area contributed by atoms with Gasteiger partial charge in [-0.05, 0) is 75.8 Å². The fourth-order valence-corrected chi connectivity index (χ4v) is 5.31. The summed E-state index contributed by atoms with van der Waals surface area (Å²) in [6.07, 6.45) is 6.86. The number of ketones is 1. The van der Waals surface area contributed by atoms with E-state index in [9.17, 15) is 9.59 Å². The molecular weight excluding hydrogens is 472 g/mol. The maximum atomic E-state index is 12.3. The number of para-hydroxylation sites is 1. The summed E-state index contributed by atoms with van der Waals surface area (Å²) in [5.74, 6) is 1.10. The molecule has 1 aromatic heterocycles. The maximum absolute atomic E-state index is 12.3. The summed E-state index contributed by atoms with van der Waals surface area (Å²) >= 11 is 1.33. The van der Waals surface area contributed by atoms with Gasteiger partial charge in [-0.3, -0.25) is 9.59 Å². The first kappa shape index (κ1) is 25.6. The number of thiazole rings is 1. The summed E-state index contributed by atoms with van der Waals surface area (Å²) in [6, 6.07) is 17.3. The van der Waals surface area contributed by atoms with Crippen LogP contribution in [0.1, 0.15) is 35.4 Å². The van der Waals surface area contributed by atoms with Crippen LogP contribution in [0.4, 0.5) is 5.13 Å². The number of benzene rings is 2. The highest BCUT2D eigenvalue weighted by atomic mass is 32.1. The standard InChI is InChI=1S/C28H32N4O3S/c1-31(2)18-7-9-22(33)15-14-21-8-6-19-32(21)28-30-25(26(36-28)27(29)34)20-12-16-24(17-13-20)35-23-10-4-3-5-11-23/h3-5,7,9-13,16-17,21H,6,8,14-15,18-19H2,1-2H3,(H2,29,34)/b9-7+/t21-/m0/s1. The van der Waals surface area contributed by atoms with Gasteiger partial charge in [-0.25, -0.2) is 4.98 Å². The van der Waals surface area contributed by atoms with Crippen molar-refractivity contribution in [1.29, 1.82) is 0 Å². The molecule has 1 atom stereocenters. The quantitative estimate of drug-likeness (QED) is 0.364. The minimum Gasteiger partial charge on any atom is -0.457 e. The number of carbonyl (C=O) groups excluding carboxylic acids is 2. The van der Waals surface area contributed by atoms with Crippen LogP contribution in [0.25, 0.3) is 11.3 Å². The van der Waals surface area contributed by atoms with Crippen molar-refractivity contribution >= 4 is 28.2 Å². The molecule has 2 N–H and O–H groups in total. The number of aromatic nitrogens is 1. The minimum absolute atomic E-state index is 0.138. The summed E-state index contributed by atoms with van der Waals surface area (Å²) < 4.78 is 5.88. The van der Waals surface area contributed by atoms with Crippen LogP contribution in [0.5, 0.6) is 11.5 Å². The number of nitrogens with zero attached hydrogens (tertiary/aromatic N) is 3. The van der Waals surface area contributed by atoms with Crippen LogP contribution in [0.3, 0.4) is 0 Å². The molecule has 2 aromatic carbocycles. The molecule has 0 unspecified atom stereocenters. The average Bonchev–Trinajstić information content (AvgIpc) is 3.51. The molecule has 0 radical (unpaired) electrons. The van der Waals surface area contributed by atoms with Crippen LogP contribution in [-0.2, 0) is 4.79 Å². The Labute approximate surface area is 216 Å². The fourth-order valence-electron chi connectivity index (χ4n) is 4.27. The molecule has 36 heavy (non-hydrogen) atoms. The van der Waals surface area contributed by atoms with E-state index in [0.29, 0.717) is 22.7 Å². The van der Waals surface area contributed by atoms with E-state index in [1.54, 1.807) is 6.08 Å². The van der Waals surface area contributed by atoms with Gasteiger partial charge in [0.05, 0.1) is 5.69 Å². The number of rotatable bonds is 11. The molecule has 7 nitrogen and oxygen atoms in total. The van der Waals surface area contributed by atoms with Gasteiger partial charge < -0.3 is 20.3 Å². The lowest BCUT2D eigenvalue weighted by Crippen LogP contribution is -2.29. The minimum atomic E-state index is -0.490. The summed E-state index contributed by atoms with van der Waals surface area (Å²) in [6.45, 7) is 1.60. The molecule has 0 spiro atoms. The van der Waals surface area contributed by atoms with E-state index in [-0.39, 0.29) is 11.8 Å². The second-order valence-electron chi connectivity index (χ2n) is 9.14. The lowest BCUT2D eigenvalue weighted by atomic mass is 10.1. The topological polar surface area (TPSA) is 88.8 Å². The number of amides is 1. The Morgan fingerprint density at radius 3 is 2.56 bits per heavy atom. The predicted octanol–water partition coefficient (Wildman–Crippen LogP) is 5.14. The molecule has 2 heterocycles. The number of anilines is 1. The average molecular weight is 505 g/mol. The number of allylic oxidation sites excluding steroid dienone is 1. The number of ether oxygens (including phenoxy) is 1. The highest BCUT2D eigenvalue weighted by Crippen LogP contribution is 2.37. The van der Waals surface area contributed by atoms with Crippen molar-refractivity contribution in [3.8, 4) is 22.8 Å². The van der Waals surface area contributed by atoms with Crippen LogP contribution in [0, 0.1) is 0 Å². The van der Waals surface area contributed by atoms with E-state index < -0.39 is 5.91 Å². The van der Waals surface area contributed by atoms with E-state index in [0.717, 1.165) is 48.8 Å². The monoisotopic (exact) mass is 504 g/mol. The van der Waals surface area contributed by atoms with Gasteiger partial charge >= 0.3 is 0 Å². The van der Waals surface area contributed by atoms with E-state index in [2.05, 4.69) is 4.90 Å². The molecular formula is C28H32N4O3S. The van der Waals surface area contributed by atoms with Gasteiger partial charge in [-0.15, -0.1) is 0 Å². The van der Waals surface area contributed by atoms with Crippen LogP contribution in [0.15, 0.2) is 66.7 Å². The summed E-state index contributed by atoms with van der Waals surface area (Å²) in [5.41, 5.74) is 7.12. The molecule has 0 saturated carbocycles. The molecule has 1 aliphatic heterocycles. The molecule has 4 rings (SSSR count). The molecule has 3 aromatic rings. The predicted molar refractivity (Wildman–Crippen MR) is 145 cm³/mol. The highest BCUT2D eigenvalue weighted by Gasteiger charge is 2.29. The number of hydrogen-bond acceptors (Lipinski definition) is 7. The lowest BCUT2D eigenvalue weighted by molar-refractivity contribution is -0.114. The van der Waals surface area contributed by atoms with Gasteiger partial charge in [0.25, 0.3) is 5.91 Å². The normalized spacial score (nSPS) is 15.6. The second kappa shape index (κ2) is 12.0. The Morgan fingerprint density at radius 1 is 1.14 bits per heavy atom. The zero-order chi connectivity index (χ0) is 25.5. The van der Waals surface area contributed by atoms with E-state index in [4.69, 9.17) is 15.5 Å². The van der Waals surface area contributed by atoms with Gasteiger partial charge in [0, 0.05) is 31.1 Å². The van der Waals surface area contributed by atoms with Crippen LogP contribution in [-0.4, -0.2) is 54.8 Å². The van der Waals surface area contributed by atoms with Crippen molar-refractivity contribution in [1.82, 2.24) is 9.88 Å². The highest BCUT2D eigenvalue weighted by molar-refractivity contribution is 7.18. The van der Waals surface area contributed by atoms with Gasteiger partial charge in [-0.1, -0.05) is 35.6 Å². The number of likely N-dealkylation sites (N-methyl/N-ethyl adjacent to an activating group) is 1. The Hall–Kier alpha value is -3.49. The van der Waals surface area contributed by atoms with E-state index in [1.165, 1.54) is 11.3 Å². The first-order chi connectivity index (χ1) is 17.4. The molecule has 1 aliphatic rings. The van der Waals surface area contributed by atoms with Crippen molar-refractivity contribution in [2.24, 2.45) is 5.73 Å². The first-order valence-electron chi connectivity index (χ1n) is 12.2. The van der Waals surface area contributed by atoms with Gasteiger partial charge in [0.1, 0.15) is 16.4 Å². The third-order valence-corrected chi connectivity index (χ3v) is 7.17. The van der Waals surface area contributed by atoms with Crippen molar-refractivity contribution in [3.63, 3.8) is 0 Å². The second-order valence-corrected chi connectivity index (χ2v) is 10.1. The SMILES string of the molecule is CN(C)C/C=C/C(=O)CC[C@@H]1CCCN1c1nc(-c2ccc(Oc3ccccc3)cc2)c(C(N)=O)s1. The van der Waals surface area contributed by atoms with Gasteiger partial charge in [0.15, 0.2) is 10.9 Å². The fraction of sp³-hybridized carbons (Fsp3) is 0.321. The number of hydrogen-bond donors (Lipinski definition) is 1. The van der Waals surface area contributed by atoms with Crippen molar-refractivity contribution < 1.29 is 14.3 Å². The molecule has 1 amide bonds. The first-order valence-corrected chi connectivity index (χ1v) is 13.0. The molecule has 0 aliphatic carbocycles. The van der Waals surface area contributed by atoms with Gasteiger partial charge in [-0.2, -0.15) is 0 Å². The van der Waals surface area contributed by atoms with Crippen LogP contribution < -0.4 is 15.4 Å². The largest absolute Gasteiger partial charge is 0.457 e. The van der Waals surface area contributed by atoms with Crippen LogP contribution >= 0.6 is 11.3 Å². The Morgan fingerprint density at radius 2 is 1.86 bits per heavy atom. The van der Waals surface area contributed by atoms with Crippen molar-refractivity contribution in [2.75, 3.05) is 32.1 Å². The zero-order valence-corrected chi connectivity index (χ0v) is 21.5. The zero-order valence-electron chi connectivity index (χ0n) is 20.7. The number of primary amides is 1. The van der Waals surface area contributed by atoms with E-state index >= 15 is 0 Å². The van der Waals surface area contributed by atoms with Crippen molar-refractivity contribution in [2.45, 2.75) is 31.7 Å². The van der Waals surface area contributed by atoms with Gasteiger partial charge in [0.2, 0.25) is 0 Å². The molecule has 8 heteroatoms. The third-order valence-electron chi connectivity index (χ3n) is 6.07. The summed E-state index contributed by atoms with van der Waals surface area (Å²) in [4.78, 5) is 34.1. The Bertz CT molecular complexity index is 1210. The number of carbonyl (C=O) groups is 2. The maximum Gasteiger partial charge on any atom is 0.261 e. The Balaban J connectivity index is 1.47. The third kappa shape index (κ3) is 6.59. The van der Waals surface area contributed by atoms with Crippen LogP contribution in [0.2, 0.25) is 0 Å².